The molecule has 2 saturated heterocycles. The van der Waals surface area contributed by atoms with E-state index in [-0.39, 0.29) is 0 Å². The molecule has 0 radical (unpaired) electrons. The quantitative estimate of drug-likeness (QED) is 0.724. The van der Waals surface area contributed by atoms with E-state index in [0.29, 0.717) is 30.3 Å². The molecular formula is C14H26O3S. The highest BCUT2D eigenvalue weighted by molar-refractivity contribution is 8.00. The van der Waals surface area contributed by atoms with Crippen LogP contribution in [0, 0.1) is 0 Å². The highest BCUT2D eigenvalue weighted by Gasteiger charge is 2.40. The lowest BCUT2D eigenvalue weighted by atomic mass is 9.83. The zero-order valence-electron chi connectivity index (χ0n) is 11.4. The predicted octanol–water partition coefficient (Wildman–Crippen LogP) is 2.61. The Morgan fingerprint density at radius 3 is 2.44 bits per heavy atom. The van der Waals surface area contributed by atoms with Gasteiger partial charge in [0.25, 0.3) is 0 Å². The number of hydrogen-bond donors (Lipinski definition) is 1. The Hall–Kier alpha value is 0.230. The summed E-state index contributed by atoms with van der Waals surface area (Å²) in [5, 5.41) is 12.0. The molecule has 2 atom stereocenters. The Morgan fingerprint density at radius 1 is 1.11 bits per heavy atom. The first-order valence-electron chi connectivity index (χ1n) is 7.25. The van der Waals surface area contributed by atoms with Crippen molar-refractivity contribution in [1.29, 1.82) is 0 Å². The van der Waals surface area contributed by atoms with E-state index in [2.05, 4.69) is 11.8 Å². The van der Waals surface area contributed by atoms with Crippen LogP contribution < -0.4 is 0 Å². The number of hydrogen-bond acceptors (Lipinski definition) is 4. The highest BCUT2D eigenvalue weighted by atomic mass is 32.2. The maximum Gasteiger partial charge on any atom is 0.0700 e. The van der Waals surface area contributed by atoms with Crippen LogP contribution in [0.4, 0.5) is 0 Å². The molecule has 2 unspecified atom stereocenters. The minimum absolute atomic E-state index is 0.466. The van der Waals surface area contributed by atoms with Crippen molar-refractivity contribution in [3.05, 3.63) is 0 Å². The lowest BCUT2D eigenvalue weighted by molar-refractivity contribution is -0.0279. The highest BCUT2D eigenvalue weighted by Crippen LogP contribution is 2.46. The molecule has 2 fully saturated rings. The second-order valence-electron chi connectivity index (χ2n) is 5.50. The summed E-state index contributed by atoms with van der Waals surface area (Å²) < 4.78 is 10.8. The third-order valence-corrected chi connectivity index (χ3v) is 5.51. The third kappa shape index (κ3) is 4.41. The van der Waals surface area contributed by atoms with Crippen LogP contribution in [0.2, 0.25) is 0 Å². The van der Waals surface area contributed by atoms with Crippen LogP contribution in [0.3, 0.4) is 0 Å². The van der Waals surface area contributed by atoms with Crippen LogP contribution in [0.15, 0.2) is 0 Å². The van der Waals surface area contributed by atoms with Crippen molar-refractivity contribution in [3.63, 3.8) is 0 Å². The summed E-state index contributed by atoms with van der Waals surface area (Å²) in [4.78, 5) is 0. The first kappa shape index (κ1) is 14.6. The van der Waals surface area contributed by atoms with Gasteiger partial charge in [-0.25, -0.2) is 0 Å². The molecule has 2 rings (SSSR count). The summed E-state index contributed by atoms with van der Waals surface area (Å²) in [5.41, 5.74) is -0.466. The van der Waals surface area contributed by atoms with E-state index in [9.17, 15) is 5.11 Å². The van der Waals surface area contributed by atoms with E-state index in [1.165, 1.54) is 19.3 Å². The van der Waals surface area contributed by atoms with Gasteiger partial charge in [-0.15, -0.1) is 0 Å². The van der Waals surface area contributed by atoms with Crippen LogP contribution in [-0.4, -0.2) is 47.6 Å². The van der Waals surface area contributed by atoms with Crippen LogP contribution in [0.5, 0.6) is 0 Å². The van der Waals surface area contributed by atoms with E-state index in [0.717, 1.165) is 25.9 Å². The average Bonchev–Trinajstić information content (AvgIpc) is 2.33. The van der Waals surface area contributed by atoms with Gasteiger partial charge in [0.2, 0.25) is 0 Å². The molecule has 0 aliphatic carbocycles. The molecule has 106 valence electrons. The van der Waals surface area contributed by atoms with Crippen molar-refractivity contribution < 1.29 is 14.6 Å². The fourth-order valence-electron chi connectivity index (χ4n) is 3.04. The van der Waals surface area contributed by atoms with Crippen molar-refractivity contribution in [1.82, 2.24) is 0 Å². The molecular weight excluding hydrogens is 248 g/mol. The van der Waals surface area contributed by atoms with Crippen molar-refractivity contribution in [2.75, 3.05) is 26.4 Å². The molecule has 0 aromatic carbocycles. The number of fused-ring (bicyclic) bond motifs is 2. The summed E-state index contributed by atoms with van der Waals surface area (Å²) in [6.07, 6.45) is 6.63. The van der Waals surface area contributed by atoms with Gasteiger partial charge in [0.15, 0.2) is 0 Å². The van der Waals surface area contributed by atoms with Crippen molar-refractivity contribution in [3.8, 4) is 0 Å². The van der Waals surface area contributed by atoms with Gasteiger partial charge in [-0.1, -0.05) is 6.42 Å². The van der Waals surface area contributed by atoms with Gasteiger partial charge in [-0.3, -0.25) is 0 Å². The Balaban J connectivity index is 1.65. The lowest BCUT2D eigenvalue weighted by Gasteiger charge is -2.43. The molecule has 2 heterocycles. The zero-order valence-corrected chi connectivity index (χ0v) is 12.2. The number of rotatable bonds is 7. The van der Waals surface area contributed by atoms with Gasteiger partial charge in [-0.2, -0.15) is 11.8 Å². The number of thioether (sulfide) groups is 1. The normalized spacial score (nSPS) is 35.7. The van der Waals surface area contributed by atoms with Crippen LogP contribution in [0.25, 0.3) is 0 Å². The van der Waals surface area contributed by atoms with Crippen LogP contribution in [0.1, 0.15) is 45.4 Å². The largest absolute Gasteiger partial charge is 0.390 e. The van der Waals surface area contributed by atoms with Crippen molar-refractivity contribution in [2.45, 2.75) is 61.5 Å². The minimum Gasteiger partial charge on any atom is -0.390 e. The predicted molar refractivity (Wildman–Crippen MR) is 75.1 cm³/mol. The second-order valence-corrected chi connectivity index (χ2v) is 7.11. The minimum atomic E-state index is -0.466. The van der Waals surface area contributed by atoms with Crippen LogP contribution in [-0.2, 0) is 9.47 Å². The maximum atomic E-state index is 10.7. The molecule has 1 N–H and O–H groups in total. The third-order valence-electron chi connectivity index (χ3n) is 3.94. The van der Waals surface area contributed by atoms with Gasteiger partial charge in [0, 0.05) is 23.7 Å². The van der Waals surface area contributed by atoms with E-state index in [1.54, 1.807) is 0 Å². The number of ether oxygens (including phenoxy) is 2. The molecule has 0 amide bonds. The van der Waals surface area contributed by atoms with E-state index in [4.69, 9.17) is 9.47 Å². The summed E-state index contributed by atoms with van der Waals surface area (Å²) in [6, 6.07) is 0. The standard InChI is InChI=1S/C14H26O3S/c1-2-16-8-9-17-7-6-14(15)10-12-4-3-5-13(11-14)18-12/h12-13,15H,2-11H2,1H3. The van der Waals surface area contributed by atoms with Crippen molar-refractivity contribution >= 4 is 11.8 Å². The van der Waals surface area contributed by atoms with E-state index >= 15 is 0 Å². The Morgan fingerprint density at radius 2 is 1.78 bits per heavy atom. The number of aliphatic hydroxyl groups is 1. The first-order valence-corrected chi connectivity index (χ1v) is 8.19. The Kier molecular flexibility index (Phi) is 5.80. The summed E-state index contributed by atoms with van der Waals surface area (Å²) in [6.45, 7) is 4.70. The van der Waals surface area contributed by atoms with Crippen molar-refractivity contribution in [2.24, 2.45) is 0 Å². The van der Waals surface area contributed by atoms with Gasteiger partial charge >= 0.3 is 0 Å². The molecule has 18 heavy (non-hydrogen) atoms. The monoisotopic (exact) mass is 274 g/mol. The fourth-order valence-corrected chi connectivity index (χ4v) is 5.01. The molecule has 0 aromatic heterocycles. The molecule has 2 aliphatic heterocycles. The second kappa shape index (κ2) is 7.13. The molecule has 3 nitrogen and oxygen atoms in total. The summed E-state index contributed by atoms with van der Waals surface area (Å²) in [7, 11) is 0. The SMILES string of the molecule is CCOCCOCCC1(O)CC2CCCC(C1)S2. The maximum absolute atomic E-state index is 10.7. The average molecular weight is 274 g/mol. The van der Waals surface area contributed by atoms with Gasteiger partial charge in [0.1, 0.15) is 0 Å². The molecule has 0 aromatic rings. The van der Waals surface area contributed by atoms with Gasteiger partial charge < -0.3 is 14.6 Å². The van der Waals surface area contributed by atoms with Crippen LogP contribution >= 0.6 is 11.8 Å². The Bertz CT molecular complexity index is 235. The fraction of sp³-hybridized carbons (Fsp3) is 1.00. The Labute approximate surface area is 115 Å². The van der Waals surface area contributed by atoms with Gasteiger partial charge in [0.05, 0.1) is 18.8 Å². The molecule has 0 spiro atoms. The van der Waals surface area contributed by atoms with Gasteiger partial charge in [-0.05, 0) is 39.0 Å². The zero-order chi connectivity index (χ0) is 12.8. The molecule has 2 aliphatic rings. The van der Waals surface area contributed by atoms with E-state index in [1.807, 2.05) is 6.92 Å². The summed E-state index contributed by atoms with van der Waals surface area (Å²) >= 11 is 2.10. The molecule has 4 heteroatoms. The van der Waals surface area contributed by atoms with E-state index < -0.39 is 5.60 Å². The molecule has 2 bridgehead atoms. The smallest absolute Gasteiger partial charge is 0.0700 e. The summed E-state index contributed by atoms with van der Waals surface area (Å²) in [5.74, 6) is 0. The lowest BCUT2D eigenvalue weighted by Crippen LogP contribution is -2.43. The topological polar surface area (TPSA) is 38.7 Å². The first-order chi connectivity index (χ1) is 8.72. The molecule has 0 saturated carbocycles.